The molecule has 1 N–H and O–H groups in total. The zero-order chi connectivity index (χ0) is 23.4. The second kappa shape index (κ2) is 7.53. The molecule has 2 heterocycles. The van der Waals surface area contributed by atoms with E-state index >= 15 is 0 Å². The molecule has 1 aliphatic heterocycles. The summed E-state index contributed by atoms with van der Waals surface area (Å²) >= 11 is 0. The minimum atomic E-state index is -4.83. The molecule has 10 heteroatoms. The smallest absolute Gasteiger partial charge is 0.363 e. The second-order valence-electron chi connectivity index (χ2n) is 8.03. The molecule has 1 fully saturated rings. The lowest BCUT2D eigenvalue weighted by Gasteiger charge is -2.32. The molecule has 1 aliphatic carbocycles. The number of hydrogen-bond donors (Lipinski definition) is 1. The molecule has 0 saturated heterocycles. The van der Waals surface area contributed by atoms with E-state index in [1.54, 1.807) is 13.0 Å². The number of halogens is 6. The van der Waals surface area contributed by atoms with Crippen LogP contribution in [0.25, 0.3) is 12.3 Å². The zero-order valence-electron chi connectivity index (χ0n) is 17.3. The lowest BCUT2D eigenvalue weighted by molar-refractivity contribution is -0.140. The van der Waals surface area contributed by atoms with Gasteiger partial charge in [0.1, 0.15) is 23.0 Å². The van der Waals surface area contributed by atoms with Crippen LogP contribution < -0.4 is 15.9 Å². The molecular weight excluding hydrogens is 434 g/mol. The van der Waals surface area contributed by atoms with Crippen molar-refractivity contribution in [3.05, 3.63) is 63.8 Å². The van der Waals surface area contributed by atoms with Gasteiger partial charge < -0.3 is 10.2 Å². The third-order valence-corrected chi connectivity index (χ3v) is 5.76. The van der Waals surface area contributed by atoms with Crippen LogP contribution in [0.5, 0.6) is 0 Å². The van der Waals surface area contributed by atoms with Crippen molar-refractivity contribution in [1.82, 2.24) is 14.9 Å². The van der Waals surface area contributed by atoms with Crippen LogP contribution in [0.1, 0.15) is 42.8 Å². The largest absolute Gasteiger partial charge is 0.419 e. The van der Waals surface area contributed by atoms with E-state index < -0.39 is 35.6 Å². The molecule has 1 atom stereocenters. The first-order valence-electron chi connectivity index (χ1n) is 9.91. The van der Waals surface area contributed by atoms with Gasteiger partial charge in [-0.25, -0.2) is 23.1 Å². The van der Waals surface area contributed by atoms with Crippen LogP contribution in [0.2, 0.25) is 0 Å². The molecule has 0 spiro atoms. The van der Waals surface area contributed by atoms with E-state index in [9.17, 15) is 26.3 Å². The van der Waals surface area contributed by atoms with Crippen molar-refractivity contribution in [3.8, 4) is 0 Å². The van der Waals surface area contributed by atoms with E-state index in [1.807, 2.05) is 0 Å². The van der Waals surface area contributed by atoms with Gasteiger partial charge in [-0.05, 0) is 38.8 Å². The van der Waals surface area contributed by atoms with Crippen LogP contribution in [0.4, 0.5) is 32.2 Å². The van der Waals surface area contributed by atoms with Crippen molar-refractivity contribution in [3.63, 3.8) is 0 Å². The van der Waals surface area contributed by atoms with Crippen molar-refractivity contribution in [2.45, 2.75) is 50.9 Å². The average molecular weight is 454 g/mol. The third kappa shape index (κ3) is 3.71. The highest BCUT2D eigenvalue weighted by atomic mass is 19.4. The van der Waals surface area contributed by atoms with Crippen molar-refractivity contribution in [2.75, 3.05) is 5.32 Å². The van der Waals surface area contributed by atoms with Crippen molar-refractivity contribution in [1.29, 1.82) is 0 Å². The molecule has 170 valence electrons. The standard InChI is InChI=1S/C22H20F6N4/c1-11-9-17-15(10-32(11)21(7-8-21)20(24)25)19(31-13(3)30-17)29-12(2)14-5-4-6-16(18(14)23)22(26,27)28/h4-6,9-10,12,20H,1,7-8H2,2-3H3,(H,29,30,31). The Hall–Kier alpha value is -3.04. The van der Waals surface area contributed by atoms with Crippen LogP contribution in [0.15, 0.2) is 30.5 Å². The van der Waals surface area contributed by atoms with Gasteiger partial charge in [-0.3, -0.25) is 0 Å². The van der Waals surface area contributed by atoms with E-state index in [0.29, 0.717) is 41.0 Å². The molecule has 4 rings (SSSR count). The van der Waals surface area contributed by atoms with Gasteiger partial charge in [0.15, 0.2) is 0 Å². The predicted octanol–water partition coefficient (Wildman–Crippen LogP) is 4.26. The van der Waals surface area contributed by atoms with Gasteiger partial charge >= 0.3 is 6.18 Å². The van der Waals surface area contributed by atoms with Crippen LogP contribution in [-0.4, -0.2) is 26.8 Å². The second-order valence-corrected chi connectivity index (χ2v) is 8.03. The molecule has 32 heavy (non-hydrogen) atoms. The van der Waals surface area contributed by atoms with Gasteiger partial charge in [0.25, 0.3) is 6.43 Å². The molecule has 1 saturated carbocycles. The number of fused-ring (bicyclic) bond motifs is 1. The topological polar surface area (TPSA) is 41.1 Å². The summed E-state index contributed by atoms with van der Waals surface area (Å²) in [5, 5.41) is 3.75. The third-order valence-electron chi connectivity index (χ3n) is 5.76. The van der Waals surface area contributed by atoms with Gasteiger partial charge in [0, 0.05) is 17.5 Å². The molecule has 2 aliphatic rings. The van der Waals surface area contributed by atoms with Gasteiger partial charge in [-0.2, -0.15) is 13.2 Å². The fraction of sp³-hybridized carbons (Fsp3) is 0.364. The lowest BCUT2D eigenvalue weighted by Crippen LogP contribution is -2.46. The molecule has 1 unspecified atom stereocenters. The highest BCUT2D eigenvalue weighted by molar-refractivity contribution is 5.58. The van der Waals surface area contributed by atoms with E-state index in [-0.39, 0.29) is 11.4 Å². The Morgan fingerprint density at radius 1 is 1.19 bits per heavy atom. The molecule has 1 aromatic heterocycles. The highest BCUT2D eigenvalue weighted by Gasteiger charge is 2.56. The Morgan fingerprint density at radius 2 is 1.88 bits per heavy atom. The number of hydrogen-bond acceptors (Lipinski definition) is 4. The summed E-state index contributed by atoms with van der Waals surface area (Å²) in [4.78, 5) is 10.0. The first-order chi connectivity index (χ1) is 14.9. The van der Waals surface area contributed by atoms with Crippen LogP contribution in [0.3, 0.4) is 0 Å². The maximum Gasteiger partial charge on any atom is 0.419 e. The van der Waals surface area contributed by atoms with Gasteiger partial charge in [-0.1, -0.05) is 18.7 Å². The number of allylic oxidation sites excluding steroid dienone is 1. The summed E-state index contributed by atoms with van der Waals surface area (Å²) in [5.74, 6) is -0.820. The van der Waals surface area contributed by atoms with Gasteiger partial charge in [0.2, 0.25) is 0 Å². The van der Waals surface area contributed by atoms with E-state index in [1.165, 1.54) is 24.1 Å². The summed E-state index contributed by atoms with van der Waals surface area (Å²) in [6, 6.07) is 2.16. The average Bonchev–Trinajstić information content (AvgIpc) is 3.48. The van der Waals surface area contributed by atoms with Crippen molar-refractivity contribution in [2.24, 2.45) is 0 Å². The Labute approximate surface area is 180 Å². The maximum atomic E-state index is 14.6. The van der Waals surface area contributed by atoms with E-state index in [2.05, 4.69) is 21.9 Å². The van der Waals surface area contributed by atoms with Crippen LogP contribution in [0, 0.1) is 12.7 Å². The minimum absolute atomic E-state index is 0.197. The molecule has 2 aromatic rings. The summed E-state index contributed by atoms with van der Waals surface area (Å²) in [7, 11) is 0. The Kier molecular flexibility index (Phi) is 5.21. The number of rotatable bonds is 5. The first kappa shape index (κ1) is 22.2. The minimum Gasteiger partial charge on any atom is -0.363 e. The predicted molar refractivity (Wildman–Crippen MR) is 107 cm³/mol. The van der Waals surface area contributed by atoms with Crippen LogP contribution in [-0.2, 0) is 6.18 Å². The molecule has 0 radical (unpaired) electrons. The summed E-state index contributed by atoms with van der Waals surface area (Å²) in [6.07, 6.45) is -3.79. The molecule has 1 aromatic carbocycles. The monoisotopic (exact) mass is 454 g/mol. The van der Waals surface area contributed by atoms with Crippen molar-refractivity contribution >= 4 is 18.1 Å². The van der Waals surface area contributed by atoms with Gasteiger partial charge in [-0.15, -0.1) is 0 Å². The molecule has 0 bridgehead atoms. The summed E-state index contributed by atoms with van der Waals surface area (Å²) in [5.41, 5.74) is -2.54. The zero-order valence-corrected chi connectivity index (χ0v) is 17.3. The fourth-order valence-electron chi connectivity index (χ4n) is 3.88. The quantitative estimate of drug-likeness (QED) is 0.686. The summed E-state index contributed by atoms with van der Waals surface area (Å²) < 4.78 is 81.3. The Morgan fingerprint density at radius 3 is 2.47 bits per heavy atom. The molecule has 0 amide bonds. The normalized spacial score (nSPS) is 18.0. The Balaban J connectivity index is 1.76. The summed E-state index contributed by atoms with van der Waals surface area (Å²) in [6.45, 7) is 6.97. The number of benzene rings is 1. The van der Waals surface area contributed by atoms with Crippen LogP contribution >= 0.6 is 0 Å². The number of nitrogens with zero attached hydrogens (tertiary/aromatic N) is 3. The lowest BCUT2D eigenvalue weighted by atomic mass is 10.0. The number of alkyl halides is 5. The fourth-order valence-corrected chi connectivity index (χ4v) is 3.88. The van der Waals surface area contributed by atoms with Crippen molar-refractivity contribution < 1.29 is 26.3 Å². The number of aryl methyl sites for hydroxylation is 1. The number of aromatic nitrogens is 2. The maximum absolute atomic E-state index is 14.6. The number of nitrogens with one attached hydrogen (secondary N) is 1. The Bertz CT molecular complexity index is 1200. The molecular formula is C22H20F6N4. The molecule has 4 nitrogen and oxygen atoms in total. The SMILES string of the molecule is C=C1C=c2nc(C)nc(NC(C)c3cccc(C(F)(F)F)c3F)c2=CN1C1(C(F)F)CC1. The number of anilines is 1. The van der Waals surface area contributed by atoms with E-state index in [0.717, 1.165) is 6.07 Å². The first-order valence-corrected chi connectivity index (χ1v) is 9.91. The highest BCUT2D eigenvalue weighted by Crippen LogP contribution is 2.49. The van der Waals surface area contributed by atoms with E-state index in [4.69, 9.17) is 0 Å². The van der Waals surface area contributed by atoms with Gasteiger partial charge in [0.05, 0.1) is 22.2 Å².